The number of ether oxygens (including phenoxy) is 2. The van der Waals surface area contributed by atoms with Crippen LogP contribution >= 0.6 is 0 Å². The Morgan fingerprint density at radius 2 is 1.86 bits per heavy atom. The summed E-state index contributed by atoms with van der Waals surface area (Å²) in [4.78, 5) is 23.0. The summed E-state index contributed by atoms with van der Waals surface area (Å²) in [6.45, 7) is 4.27. The van der Waals surface area contributed by atoms with Gasteiger partial charge in [0.25, 0.3) is 0 Å². The number of benzene rings is 1. The lowest BCUT2D eigenvalue weighted by atomic mass is 10.0. The van der Waals surface area contributed by atoms with Crippen LogP contribution < -0.4 is 0 Å². The Kier molecular flexibility index (Phi) is 7.97. The number of rotatable bonds is 8. The van der Waals surface area contributed by atoms with Crippen LogP contribution in [0.4, 0.5) is 0 Å². The number of methoxy groups -OCH3 is 1. The van der Waals surface area contributed by atoms with Gasteiger partial charge in [-0.15, -0.1) is 0 Å². The van der Waals surface area contributed by atoms with Crippen LogP contribution in [-0.2, 0) is 14.3 Å². The average molecular weight is 304 g/mol. The van der Waals surface area contributed by atoms with Gasteiger partial charge in [-0.05, 0) is 44.2 Å². The first-order valence-electron chi connectivity index (χ1n) is 7.51. The van der Waals surface area contributed by atoms with Crippen LogP contribution in [0, 0.1) is 5.92 Å². The largest absolute Gasteiger partial charge is 0.466 e. The molecule has 0 aromatic heterocycles. The molecule has 0 unspecified atom stereocenters. The van der Waals surface area contributed by atoms with Crippen LogP contribution in [0.15, 0.2) is 42.0 Å². The first-order chi connectivity index (χ1) is 10.5. The van der Waals surface area contributed by atoms with E-state index in [0.717, 1.165) is 19.3 Å². The van der Waals surface area contributed by atoms with Gasteiger partial charge in [0.05, 0.1) is 19.3 Å². The standard InChI is InChI=1S/C18H24O4/c1-14(8-7-9-15(2)17(19)21-3)12-13-22-18(20)16-10-5-4-6-11-16/h4-6,9-11,14H,7-8,12-13H2,1-3H3/t14-/m1/s1. The zero-order valence-corrected chi connectivity index (χ0v) is 13.5. The minimum atomic E-state index is -0.288. The first-order valence-corrected chi connectivity index (χ1v) is 7.51. The molecule has 0 N–H and O–H groups in total. The van der Waals surface area contributed by atoms with Gasteiger partial charge in [0, 0.05) is 5.57 Å². The summed E-state index contributed by atoms with van der Waals surface area (Å²) in [5, 5.41) is 0. The van der Waals surface area contributed by atoms with E-state index >= 15 is 0 Å². The van der Waals surface area contributed by atoms with Crippen molar-refractivity contribution in [3.63, 3.8) is 0 Å². The van der Waals surface area contributed by atoms with Crippen molar-refractivity contribution in [1.82, 2.24) is 0 Å². The zero-order valence-electron chi connectivity index (χ0n) is 13.5. The molecule has 0 saturated heterocycles. The van der Waals surface area contributed by atoms with E-state index in [1.165, 1.54) is 7.11 Å². The molecule has 0 fully saturated rings. The predicted molar refractivity (Wildman–Crippen MR) is 85.5 cm³/mol. The fourth-order valence-corrected chi connectivity index (χ4v) is 1.98. The molecular formula is C18H24O4. The minimum absolute atomic E-state index is 0.283. The van der Waals surface area contributed by atoms with E-state index in [1.54, 1.807) is 19.1 Å². The second-order valence-electron chi connectivity index (χ2n) is 5.35. The van der Waals surface area contributed by atoms with E-state index in [1.807, 2.05) is 24.3 Å². The smallest absolute Gasteiger partial charge is 0.338 e. The van der Waals surface area contributed by atoms with Gasteiger partial charge in [-0.2, -0.15) is 0 Å². The van der Waals surface area contributed by atoms with Gasteiger partial charge in [0.1, 0.15) is 0 Å². The highest BCUT2D eigenvalue weighted by Gasteiger charge is 2.08. The van der Waals surface area contributed by atoms with Crippen LogP contribution in [0.25, 0.3) is 0 Å². The van der Waals surface area contributed by atoms with Gasteiger partial charge in [-0.1, -0.05) is 31.2 Å². The molecule has 0 amide bonds. The Hall–Kier alpha value is -2.10. The Morgan fingerprint density at radius 1 is 1.18 bits per heavy atom. The van der Waals surface area contributed by atoms with Crippen molar-refractivity contribution >= 4 is 11.9 Å². The number of esters is 2. The molecule has 0 aliphatic rings. The van der Waals surface area contributed by atoms with E-state index in [2.05, 4.69) is 11.7 Å². The number of carbonyl (C=O) groups is 2. The van der Waals surface area contributed by atoms with E-state index < -0.39 is 0 Å². The monoisotopic (exact) mass is 304 g/mol. The second kappa shape index (κ2) is 9.77. The van der Waals surface area contributed by atoms with Crippen LogP contribution in [0.2, 0.25) is 0 Å². The highest BCUT2D eigenvalue weighted by molar-refractivity contribution is 5.89. The molecule has 0 aliphatic carbocycles. The highest BCUT2D eigenvalue weighted by atomic mass is 16.5. The summed E-state index contributed by atoms with van der Waals surface area (Å²) in [7, 11) is 1.38. The molecule has 1 atom stereocenters. The van der Waals surface area contributed by atoms with E-state index in [4.69, 9.17) is 4.74 Å². The highest BCUT2D eigenvalue weighted by Crippen LogP contribution is 2.13. The van der Waals surface area contributed by atoms with Crippen molar-refractivity contribution in [3.05, 3.63) is 47.5 Å². The van der Waals surface area contributed by atoms with Crippen molar-refractivity contribution < 1.29 is 19.1 Å². The number of hydrogen-bond donors (Lipinski definition) is 0. The fraction of sp³-hybridized carbons (Fsp3) is 0.444. The normalized spacial score (nSPS) is 12.6. The van der Waals surface area contributed by atoms with Crippen molar-refractivity contribution in [2.45, 2.75) is 33.1 Å². The summed E-state index contributed by atoms with van der Waals surface area (Å²) in [5.74, 6) is -0.149. The van der Waals surface area contributed by atoms with Crippen LogP contribution in [0.5, 0.6) is 0 Å². The maximum atomic E-state index is 11.8. The summed E-state index contributed by atoms with van der Waals surface area (Å²) in [5.41, 5.74) is 1.21. The van der Waals surface area contributed by atoms with Crippen molar-refractivity contribution in [3.8, 4) is 0 Å². The molecule has 0 spiro atoms. The van der Waals surface area contributed by atoms with Crippen molar-refractivity contribution in [1.29, 1.82) is 0 Å². The number of allylic oxidation sites excluding steroid dienone is 1. The first kappa shape index (κ1) is 18.0. The summed E-state index contributed by atoms with van der Waals surface area (Å²) in [6.07, 6.45) is 4.45. The molecule has 0 saturated carbocycles. The molecule has 1 aromatic rings. The third-order valence-electron chi connectivity index (χ3n) is 3.47. The topological polar surface area (TPSA) is 52.6 Å². The van der Waals surface area contributed by atoms with E-state index in [-0.39, 0.29) is 11.9 Å². The molecule has 0 radical (unpaired) electrons. The van der Waals surface area contributed by atoms with Crippen LogP contribution in [0.1, 0.15) is 43.5 Å². The number of carbonyl (C=O) groups excluding carboxylic acids is 2. The SMILES string of the molecule is COC(=O)C(C)=CCC[C@@H](C)CCOC(=O)c1ccccc1. The van der Waals surface area contributed by atoms with E-state index in [0.29, 0.717) is 23.7 Å². The maximum absolute atomic E-state index is 11.8. The molecule has 1 aromatic carbocycles. The van der Waals surface area contributed by atoms with Crippen LogP contribution in [0.3, 0.4) is 0 Å². The summed E-state index contributed by atoms with van der Waals surface area (Å²) < 4.78 is 9.89. The quantitative estimate of drug-likeness (QED) is 0.542. The summed E-state index contributed by atoms with van der Waals surface area (Å²) in [6, 6.07) is 8.98. The molecular weight excluding hydrogens is 280 g/mol. The lowest BCUT2D eigenvalue weighted by Crippen LogP contribution is -2.09. The molecule has 120 valence electrons. The predicted octanol–water partition coefficient (Wildman–Crippen LogP) is 3.77. The molecule has 4 nitrogen and oxygen atoms in total. The van der Waals surface area contributed by atoms with Crippen molar-refractivity contribution in [2.75, 3.05) is 13.7 Å². The minimum Gasteiger partial charge on any atom is -0.466 e. The molecule has 22 heavy (non-hydrogen) atoms. The Balaban J connectivity index is 2.22. The zero-order chi connectivity index (χ0) is 16.4. The van der Waals surface area contributed by atoms with Gasteiger partial charge in [0.2, 0.25) is 0 Å². The van der Waals surface area contributed by atoms with Gasteiger partial charge in [-0.25, -0.2) is 9.59 Å². The molecule has 0 aliphatic heterocycles. The molecule has 0 bridgehead atoms. The number of hydrogen-bond acceptors (Lipinski definition) is 4. The van der Waals surface area contributed by atoms with Gasteiger partial charge in [0.15, 0.2) is 0 Å². The Labute approximate surface area is 132 Å². The Morgan fingerprint density at radius 3 is 2.50 bits per heavy atom. The van der Waals surface area contributed by atoms with E-state index in [9.17, 15) is 9.59 Å². The van der Waals surface area contributed by atoms with Gasteiger partial charge in [-0.3, -0.25) is 0 Å². The third-order valence-corrected chi connectivity index (χ3v) is 3.47. The molecule has 0 heterocycles. The maximum Gasteiger partial charge on any atom is 0.338 e. The van der Waals surface area contributed by atoms with Crippen molar-refractivity contribution in [2.24, 2.45) is 5.92 Å². The lowest BCUT2D eigenvalue weighted by Gasteiger charge is -2.10. The fourth-order valence-electron chi connectivity index (χ4n) is 1.98. The second-order valence-corrected chi connectivity index (χ2v) is 5.35. The average Bonchev–Trinajstić information content (AvgIpc) is 2.54. The van der Waals surface area contributed by atoms with Crippen LogP contribution in [-0.4, -0.2) is 25.7 Å². The van der Waals surface area contributed by atoms with Gasteiger partial charge >= 0.3 is 11.9 Å². The van der Waals surface area contributed by atoms with Gasteiger partial charge < -0.3 is 9.47 Å². The lowest BCUT2D eigenvalue weighted by molar-refractivity contribution is -0.136. The molecule has 4 heteroatoms. The summed E-state index contributed by atoms with van der Waals surface area (Å²) >= 11 is 0. The third kappa shape index (κ3) is 6.57. The molecule has 1 rings (SSSR count). The Bertz CT molecular complexity index is 505.